The number of hydrogen-bond acceptors (Lipinski definition) is 5. The largest absolute Gasteiger partial charge is 0.370 e. The van der Waals surface area contributed by atoms with Gasteiger partial charge < -0.3 is 14.6 Å². The minimum Gasteiger partial charge on any atom is -0.370 e. The minimum atomic E-state index is -0.277. The van der Waals surface area contributed by atoms with Crippen molar-refractivity contribution >= 4 is 0 Å². The van der Waals surface area contributed by atoms with Gasteiger partial charge in [0.1, 0.15) is 5.60 Å². The highest BCUT2D eigenvalue weighted by atomic mass is 16.5. The summed E-state index contributed by atoms with van der Waals surface area (Å²) in [7, 11) is 1.74. The molecular formula is C14H23N3O2. The van der Waals surface area contributed by atoms with Gasteiger partial charge in [-0.3, -0.25) is 0 Å². The Morgan fingerprint density at radius 2 is 2.21 bits per heavy atom. The predicted octanol–water partition coefficient (Wildman–Crippen LogP) is 2.13. The number of nitrogens with zero attached hydrogens (tertiary/aromatic N) is 2. The van der Waals surface area contributed by atoms with Crippen LogP contribution >= 0.6 is 0 Å². The Labute approximate surface area is 114 Å². The van der Waals surface area contributed by atoms with Crippen molar-refractivity contribution in [3.05, 3.63) is 11.7 Å². The fourth-order valence-electron chi connectivity index (χ4n) is 3.37. The van der Waals surface area contributed by atoms with Crippen LogP contribution in [-0.4, -0.2) is 30.3 Å². The molecule has 2 fully saturated rings. The third-order valence-corrected chi connectivity index (χ3v) is 4.81. The second-order valence-corrected chi connectivity index (χ2v) is 5.93. The van der Waals surface area contributed by atoms with Crippen molar-refractivity contribution in [1.82, 2.24) is 15.5 Å². The fourth-order valence-corrected chi connectivity index (χ4v) is 3.37. The van der Waals surface area contributed by atoms with E-state index in [2.05, 4.69) is 17.4 Å². The second-order valence-electron chi connectivity index (χ2n) is 5.93. The predicted molar refractivity (Wildman–Crippen MR) is 70.9 cm³/mol. The van der Waals surface area contributed by atoms with Crippen LogP contribution in [0.4, 0.5) is 0 Å². The first-order chi connectivity index (χ1) is 9.25. The van der Waals surface area contributed by atoms with E-state index in [1.165, 1.54) is 6.42 Å². The number of nitrogens with one attached hydrogen (secondary N) is 1. The maximum atomic E-state index is 5.63. The summed E-state index contributed by atoms with van der Waals surface area (Å²) in [5.41, 5.74) is -0.236. The average Bonchev–Trinajstić information content (AvgIpc) is 2.98. The van der Waals surface area contributed by atoms with Crippen molar-refractivity contribution in [3.63, 3.8) is 0 Å². The van der Waals surface area contributed by atoms with Crippen LogP contribution in [0.25, 0.3) is 0 Å². The molecule has 1 saturated carbocycles. The molecule has 0 spiro atoms. The van der Waals surface area contributed by atoms with E-state index in [1.54, 1.807) is 7.11 Å². The zero-order chi connectivity index (χ0) is 13.3. The topological polar surface area (TPSA) is 60.2 Å². The molecule has 1 aromatic heterocycles. The lowest BCUT2D eigenvalue weighted by atomic mass is 9.79. The van der Waals surface area contributed by atoms with Crippen molar-refractivity contribution in [3.8, 4) is 0 Å². The summed E-state index contributed by atoms with van der Waals surface area (Å²) in [6, 6.07) is 0. The average molecular weight is 265 g/mol. The highest BCUT2D eigenvalue weighted by Crippen LogP contribution is 2.44. The molecule has 1 unspecified atom stereocenters. The van der Waals surface area contributed by atoms with Crippen molar-refractivity contribution < 1.29 is 9.26 Å². The third kappa shape index (κ3) is 1.99. The summed E-state index contributed by atoms with van der Waals surface area (Å²) in [5, 5.41) is 7.64. The number of methoxy groups -OCH3 is 1. The summed E-state index contributed by atoms with van der Waals surface area (Å²) >= 11 is 0. The second kappa shape index (κ2) is 4.87. The van der Waals surface area contributed by atoms with Crippen molar-refractivity contribution in [2.24, 2.45) is 0 Å². The van der Waals surface area contributed by atoms with Crippen molar-refractivity contribution in [2.45, 2.75) is 56.5 Å². The number of ether oxygens (including phenoxy) is 1. The lowest BCUT2D eigenvalue weighted by Crippen LogP contribution is -2.37. The van der Waals surface area contributed by atoms with Gasteiger partial charge in [0, 0.05) is 13.7 Å². The minimum absolute atomic E-state index is 0.0404. The molecule has 1 aliphatic carbocycles. The first kappa shape index (κ1) is 13.1. The van der Waals surface area contributed by atoms with Crippen molar-refractivity contribution in [2.75, 3.05) is 20.2 Å². The van der Waals surface area contributed by atoms with Gasteiger partial charge in [0.15, 0.2) is 0 Å². The van der Waals surface area contributed by atoms with E-state index in [0.717, 1.165) is 56.9 Å². The molecule has 2 heterocycles. The van der Waals surface area contributed by atoms with E-state index >= 15 is 0 Å². The first-order valence-electron chi connectivity index (χ1n) is 7.35. The molecule has 0 aromatic carbocycles. The smallest absolute Gasteiger partial charge is 0.234 e. The number of hydrogen-bond donors (Lipinski definition) is 1. The molecule has 1 atom stereocenters. The molecule has 3 rings (SSSR count). The molecule has 19 heavy (non-hydrogen) atoms. The molecule has 1 saturated heterocycles. The lowest BCUT2D eigenvalue weighted by molar-refractivity contribution is -0.0858. The Hall–Kier alpha value is -0.940. The van der Waals surface area contributed by atoms with Crippen LogP contribution in [0.3, 0.4) is 0 Å². The fraction of sp³-hybridized carbons (Fsp3) is 0.857. The maximum Gasteiger partial charge on any atom is 0.234 e. The number of aromatic nitrogens is 2. The molecule has 1 aromatic rings. The van der Waals surface area contributed by atoms with Gasteiger partial charge >= 0.3 is 0 Å². The Morgan fingerprint density at radius 1 is 1.37 bits per heavy atom. The van der Waals surface area contributed by atoms with Crippen LogP contribution in [0.2, 0.25) is 0 Å². The molecule has 5 nitrogen and oxygen atoms in total. The summed E-state index contributed by atoms with van der Waals surface area (Å²) in [5.74, 6) is 1.55. The monoisotopic (exact) mass is 265 g/mol. The zero-order valence-electron chi connectivity index (χ0n) is 11.9. The lowest BCUT2D eigenvalue weighted by Gasteiger charge is -2.37. The van der Waals surface area contributed by atoms with E-state index in [1.807, 2.05) is 0 Å². The highest BCUT2D eigenvalue weighted by Gasteiger charge is 2.46. The molecule has 1 N–H and O–H groups in total. The van der Waals surface area contributed by atoms with E-state index in [9.17, 15) is 0 Å². The normalized spacial score (nSPS) is 29.4. The van der Waals surface area contributed by atoms with Gasteiger partial charge in [-0.1, -0.05) is 18.5 Å². The van der Waals surface area contributed by atoms with Crippen LogP contribution in [0.5, 0.6) is 0 Å². The van der Waals surface area contributed by atoms with Gasteiger partial charge in [-0.2, -0.15) is 4.98 Å². The van der Waals surface area contributed by atoms with Crippen LogP contribution in [-0.2, 0) is 15.8 Å². The van der Waals surface area contributed by atoms with Gasteiger partial charge in [-0.15, -0.1) is 0 Å². The van der Waals surface area contributed by atoms with E-state index in [-0.39, 0.29) is 11.0 Å². The SMILES string of the molecule is CCCC1(c2nc(C3(OC)CCC3)no2)CCNC1. The summed E-state index contributed by atoms with van der Waals surface area (Å²) in [6.07, 6.45) is 6.50. The Balaban J connectivity index is 1.87. The van der Waals surface area contributed by atoms with Gasteiger partial charge in [-0.25, -0.2) is 0 Å². The van der Waals surface area contributed by atoms with Gasteiger partial charge in [-0.05, 0) is 38.6 Å². The molecule has 0 amide bonds. The molecule has 0 bridgehead atoms. The molecule has 106 valence electrons. The number of rotatable bonds is 5. The van der Waals surface area contributed by atoms with Gasteiger partial charge in [0.05, 0.1) is 5.41 Å². The Kier molecular flexibility index (Phi) is 3.35. The zero-order valence-corrected chi connectivity index (χ0v) is 11.9. The van der Waals surface area contributed by atoms with Crippen LogP contribution in [0, 0.1) is 0 Å². The maximum absolute atomic E-state index is 5.63. The van der Waals surface area contributed by atoms with Crippen molar-refractivity contribution in [1.29, 1.82) is 0 Å². The quantitative estimate of drug-likeness (QED) is 0.883. The Bertz CT molecular complexity index is 428. The molecular weight excluding hydrogens is 242 g/mol. The standard InChI is InChI=1S/C14H23N3O2/c1-3-5-13(8-9-15-10-13)12-16-11(17-19-12)14(18-2)6-4-7-14/h15H,3-10H2,1-2H3. The third-order valence-electron chi connectivity index (χ3n) is 4.81. The summed E-state index contributed by atoms with van der Waals surface area (Å²) in [6.45, 7) is 4.19. The summed E-state index contributed by atoms with van der Waals surface area (Å²) in [4.78, 5) is 4.71. The van der Waals surface area contributed by atoms with E-state index < -0.39 is 0 Å². The van der Waals surface area contributed by atoms with Crippen LogP contribution in [0.1, 0.15) is 57.2 Å². The van der Waals surface area contributed by atoms with Gasteiger partial charge in [0.2, 0.25) is 11.7 Å². The first-order valence-corrected chi connectivity index (χ1v) is 7.35. The van der Waals surface area contributed by atoms with Crippen LogP contribution < -0.4 is 5.32 Å². The van der Waals surface area contributed by atoms with Gasteiger partial charge in [0.25, 0.3) is 0 Å². The van der Waals surface area contributed by atoms with E-state index in [0.29, 0.717) is 0 Å². The molecule has 1 aliphatic heterocycles. The molecule has 0 radical (unpaired) electrons. The van der Waals surface area contributed by atoms with Crippen LogP contribution in [0.15, 0.2) is 4.52 Å². The highest BCUT2D eigenvalue weighted by molar-refractivity contribution is 5.14. The molecule has 2 aliphatic rings. The van der Waals surface area contributed by atoms with E-state index in [4.69, 9.17) is 14.2 Å². The summed E-state index contributed by atoms with van der Waals surface area (Å²) < 4.78 is 11.2. The Morgan fingerprint density at radius 3 is 2.74 bits per heavy atom. The molecule has 5 heteroatoms.